The minimum Gasteiger partial charge on any atom is -0.392 e. The third-order valence-electron chi connectivity index (χ3n) is 4.02. The molecule has 1 saturated heterocycles. The number of hydrogen-bond acceptors (Lipinski definition) is 2. The van der Waals surface area contributed by atoms with Gasteiger partial charge in [0, 0.05) is 19.6 Å². The van der Waals surface area contributed by atoms with E-state index in [0.717, 1.165) is 26.1 Å². The number of rotatable bonds is 3. The molecule has 2 atom stereocenters. The molecule has 3 rings (SSSR count). The smallest absolute Gasteiger partial charge is 0.0673 e. The van der Waals surface area contributed by atoms with Gasteiger partial charge in [0.25, 0.3) is 0 Å². The number of benzene rings is 2. The number of β-amino-alcohol motifs (C(OH)–C–C–N with tert-alkyl or cyclic N) is 1. The van der Waals surface area contributed by atoms with Crippen molar-refractivity contribution < 1.29 is 5.11 Å². The summed E-state index contributed by atoms with van der Waals surface area (Å²) in [5.41, 5.74) is 2.65. The van der Waals surface area contributed by atoms with Gasteiger partial charge in [0.2, 0.25) is 0 Å². The van der Waals surface area contributed by atoms with Crippen LogP contribution in [0.1, 0.15) is 23.5 Å². The molecule has 0 amide bonds. The van der Waals surface area contributed by atoms with Gasteiger partial charge in [0.05, 0.1) is 6.10 Å². The van der Waals surface area contributed by atoms with Crippen LogP contribution in [0.3, 0.4) is 0 Å². The van der Waals surface area contributed by atoms with E-state index in [9.17, 15) is 5.11 Å². The van der Waals surface area contributed by atoms with E-state index in [4.69, 9.17) is 0 Å². The van der Waals surface area contributed by atoms with E-state index in [0.29, 0.717) is 5.92 Å². The van der Waals surface area contributed by atoms with Gasteiger partial charge in [-0.3, -0.25) is 4.90 Å². The highest BCUT2D eigenvalue weighted by Gasteiger charge is 2.26. The van der Waals surface area contributed by atoms with Gasteiger partial charge in [-0.05, 0) is 23.5 Å². The fraction of sp³-hybridized carbons (Fsp3) is 0.333. The maximum Gasteiger partial charge on any atom is 0.0673 e. The van der Waals surface area contributed by atoms with Crippen molar-refractivity contribution in [3.05, 3.63) is 71.8 Å². The molecule has 0 bridgehead atoms. The first-order valence-electron chi connectivity index (χ1n) is 7.30. The Kier molecular flexibility index (Phi) is 4.14. The number of piperidine rings is 1. The Morgan fingerprint density at radius 3 is 2.25 bits per heavy atom. The number of aliphatic hydroxyl groups is 1. The molecule has 2 heteroatoms. The highest BCUT2D eigenvalue weighted by Crippen LogP contribution is 2.27. The first-order valence-corrected chi connectivity index (χ1v) is 7.30. The summed E-state index contributed by atoms with van der Waals surface area (Å²) in [6.45, 7) is 2.72. The van der Waals surface area contributed by atoms with Crippen molar-refractivity contribution in [2.75, 3.05) is 13.1 Å². The molecular formula is C18H21NO. The van der Waals surface area contributed by atoms with Crippen molar-refractivity contribution >= 4 is 0 Å². The van der Waals surface area contributed by atoms with E-state index in [1.165, 1.54) is 11.1 Å². The zero-order chi connectivity index (χ0) is 13.8. The molecule has 2 aromatic rings. The first-order chi connectivity index (χ1) is 9.81. The second kappa shape index (κ2) is 6.21. The molecule has 104 valence electrons. The Bertz CT molecular complexity index is 526. The molecule has 2 nitrogen and oxygen atoms in total. The third kappa shape index (κ3) is 3.27. The summed E-state index contributed by atoms with van der Waals surface area (Å²) in [4.78, 5) is 2.36. The van der Waals surface area contributed by atoms with Gasteiger partial charge < -0.3 is 5.11 Å². The SMILES string of the molecule is O[C@H]1C[C@@H](c2ccccc2)CN(Cc2ccccc2)C1. The van der Waals surface area contributed by atoms with Crippen LogP contribution < -0.4 is 0 Å². The van der Waals surface area contributed by atoms with E-state index in [-0.39, 0.29) is 6.10 Å². The van der Waals surface area contributed by atoms with Crippen LogP contribution in [0.25, 0.3) is 0 Å². The zero-order valence-corrected chi connectivity index (χ0v) is 11.7. The Hall–Kier alpha value is -1.64. The standard InChI is InChI=1S/C18H21NO/c20-18-11-17(16-9-5-2-6-10-16)13-19(14-18)12-15-7-3-1-4-8-15/h1-10,17-18,20H,11-14H2/t17-,18+/m1/s1. The molecule has 1 aliphatic rings. The summed E-state index contributed by atoms with van der Waals surface area (Å²) in [6, 6.07) is 21.0. The van der Waals surface area contributed by atoms with E-state index in [2.05, 4.69) is 53.4 Å². The van der Waals surface area contributed by atoms with Gasteiger partial charge in [-0.1, -0.05) is 60.7 Å². The quantitative estimate of drug-likeness (QED) is 0.924. The number of likely N-dealkylation sites (tertiary alicyclic amines) is 1. The molecule has 1 N–H and O–H groups in total. The number of aliphatic hydroxyl groups excluding tert-OH is 1. The summed E-state index contributed by atoms with van der Waals surface area (Å²) < 4.78 is 0. The molecule has 20 heavy (non-hydrogen) atoms. The molecule has 1 aliphatic heterocycles. The normalized spacial score (nSPS) is 23.6. The second-order valence-electron chi connectivity index (χ2n) is 5.68. The topological polar surface area (TPSA) is 23.5 Å². The summed E-state index contributed by atoms with van der Waals surface area (Å²) in [7, 11) is 0. The molecule has 0 spiro atoms. The van der Waals surface area contributed by atoms with Crippen LogP contribution in [0.15, 0.2) is 60.7 Å². The molecule has 0 radical (unpaired) electrons. The highest BCUT2D eigenvalue weighted by molar-refractivity contribution is 5.21. The minimum atomic E-state index is -0.224. The van der Waals surface area contributed by atoms with Crippen molar-refractivity contribution in [3.8, 4) is 0 Å². The van der Waals surface area contributed by atoms with Crippen molar-refractivity contribution in [3.63, 3.8) is 0 Å². The first kappa shape index (κ1) is 13.3. The predicted octanol–water partition coefficient (Wildman–Crippen LogP) is 3.04. The van der Waals surface area contributed by atoms with Crippen molar-refractivity contribution in [1.82, 2.24) is 4.90 Å². The summed E-state index contributed by atoms with van der Waals surface area (Å²) in [5, 5.41) is 10.1. The fourth-order valence-corrected chi connectivity index (χ4v) is 3.10. The van der Waals surface area contributed by atoms with Crippen molar-refractivity contribution in [1.29, 1.82) is 0 Å². The van der Waals surface area contributed by atoms with Crippen LogP contribution >= 0.6 is 0 Å². The van der Waals surface area contributed by atoms with E-state index < -0.39 is 0 Å². The Balaban J connectivity index is 1.70. The maximum atomic E-state index is 10.1. The van der Waals surface area contributed by atoms with Crippen LogP contribution in [-0.2, 0) is 6.54 Å². The lowest BCUT2D eigenvalue weighted by atomic mass is 9.89. The van der Waals surface area contributed by atoms with Gasteiger partial charge in [-0.15, -0.1) is 0 Å². The van der Waals surface area contributed by atoms with E-state index in [1.54, 1.807) is 0 Å². The van der Waals surface area contributed by atoms with Crippen LogP contribution in [0.4, 0.5) is 0 Å². The minimum absolute atomic E-state index is 0.224. The summed E-state index contributed by atoms with van der Waals surface area (Å²) in [5.74, 6) is 0.434. The number of nitrogens with zero attached hydrogens (tertiary/aromatic N) is 1. The highest BCUT2D eigenvalue weighted by atomic mass is 16.3. The summed E-state index contributed by atoms with van der Waals surface area (Å²) in [6.07, 6.45) is 0.646. The van der Waals surface area contributed by atoms with Gasteiger partial charge >= 0.3 is 0 Å². The third-order valence-corrected chi connectivity index (χ3v) is 4.02. The lowest BCUT2D eigenvalue weighted by Gasteiger charge is -2.36. The van der Waals surface area contributed by atoms with Crippen LogP contribution in [0, 0.1) is 0 Å². The van der Waals surface area contributed by atoms with Gasteiger partial charge in [-0.25, -0.2) is 0 Å². The predicted molar refractivity (Wildman–Crippen MR) is 81.5 cm³/mol. The molecule has 1 heterocycles. The molecule has 0 aliphatic carbocycles. The van der Waals surface area contributed by atoms with Crippen LogP contribution in [0.2, 0.25) is 0 Å². The average molecular weight is 267 g/mol. The molecule has 0 saturated carbocycles. The number of hydrogen-bond donors (Lipinski definition) is 1. The Morgan fingerprint density at radius 2 is 1.55 bits per heavy atom. The Morgan fingerprint density at radius 1 is 0.900 bits per heavy atom. The fourth-order valence-electron chi connectivity index (χ4n) is 3.10. The molecular weight excluding hydrogens is 246 g/mol. The Labute approximate surface area is 120 Å². The molecule has 2 aromatic carbocycles. The lowest BCUT2D eigenvalue weighted by Crippen LogP contribution is -2.41. The largest absolute Gasteiger partial charge is 0.392 e. The van der Waals surface area contributed by atoms with Crippen molar-refractivity contribution in [2.45, 2.75) is 25.0 Å². The van der Waals surface area contributed by atoms with Gasteiger partial charge in [0.1, 0.15) is 0 Å². The van der Waals surface area contributed by atoms with Crippen molar-refractivity contribution in [2.24, 2.45) is 0 Å². The van der Waals surface area contributed by atoms with E-state index in [1.807, 2.05) is 12.1 Å². The summed E-state index contributed by atoms with van der Waals surface area (Å²) >= 11 is 0. The van der Waals surface area contributed by atoms with Gasteiger partial charge in [0.15, 0.2) is 0 Å². The zero-order valence-electron chi connectivity index (χ0n) is 11.7. The average Bonchev–Trinajstić information content (AvgIpc) is 2.49. The molecule has 0 unspecified atom stereocenters. The van der Waals surface area contributed by atoms with Crippen LogP contribution in [-0.4, -0.2) is 29.2 Å². The lowest BCUT2D eigenvalue weighted by molar-refractivity contribution is 0.0549. The monoisotopic (exact) mass is 267 g/mol. The second-order valence-corrected chi connectivity index (χ2v) is 5.68. The van der Waals surface area contributed by atoms with Gasteiger partial charge in [-0.2, -0.15) is 0 Å². The molecule has 1 fully saturated rings. The maximum absolute atomic E-state index is 10.1. The van der Waals surface area contributed by atoms with E-state index >= 15 is 0 Å². The van der Waals surface area contributed by atoms with Crippen LogP contribution in [0.5, 0.6) is 0 Å². The molecule has 0 aromatic heterocycles.